The van der Waals surface area contributed by atoms with Crippen molar-refractivity contribution < 1.29 is 9.53 Å². The van der Waals surface area contributed by atoms with Gasteiger partial charge in [-0.1, -0.05) is 6.92 Å². The molecule has 2 aromatic heterocycles. The standard InChI is InChI=1S/C16H22N4O2/c1-12-3-4-13(9-12)19(7-8-22-2)16(21)14-10-18-20-6-5-17-11-15(14)20/h5-6,10-13H,3-4,7-9H2,1-2H3/t12-,13+/m0/s1. The van der Waals surface area contributed by atoms with Gasteiger partial charge in [-0.2, -0.15) is 5.10 Å². The summed E-state index contributed by atoms with van der Waals surface area (Å²) in [5, 5.41) is 4.24. The summed E-state index contributed by atoms with van der Waals surface area (Å²) in [6.45, 7) is 3.41. The number of methoxy groups -OCH3 is 1. The van der Waals surface area contributed by atoms with Crippen LogP contribution >= 0.6 is 0 Å². The number of nitrogens with zero attached hydrogens (tertiary/aromatic N) is 4. The molecule has 0 saturated heterocycles. The summed E-state index contributed by atoms with van der Waals surface area (Å²) in [7, 11) is 1.67. The van der Waals surface area contributed by atoms with E-state index in [2.05, 4.69) is 17.0 Å². The van der Waals surface area contributed by atoms with Crippen LogP contribution in [0.2, 0.25) is 0 Å². The van der Waals surface area contributed by atoms with Crippen molar-refractivity contribution in [2.24, 2.45) is 5.92 Å². The van der Waals surface area contributed by atoms with Crippen LogP contribution in [0.5, 0.6) is 0 Å². The lowest BCUT2D eigenvalue weighted by atomic mass is 10.1. The topological polar surface area (TPSA) is 59.7 Å². The molecule has 3 rings (SSSR count). The summed E-state index contributed by atoms with van der Waals surface area (Å²) in [4.78, 5) is 19.1. The lowest BCUT2D eigenvalue weighted by Crippen LogP contribution is -2.41. The molecule has 6 nitrogen and oxygen atoms in total. The molecule has 0 spiro atoms. The van der Waals surface area contributed by atoms with Gasteiger partial charge in [-0.25, -0.2) is 4.52 Å². The van der Waals surface area contributed by atoms with Crippen LogP contribution in [0.4, 0.5) is 0 Å². The van der Waals surface area contributed by atoms with E-state index in [-0.39, 0.29) is 5.91 Å². The third-order valence-electron chi connectivity index (χ3n) is 4.46. The molecule has 0 radical (unpaired) electrons. The molecule has 0 aromatic carbocycles. The van der Waals surface area contributed by atoms with Crippen LogP contribution in [0.3, 0.4) is 0 Å². The molecule has 2 heterocycles. The van der Waals surface area contributed by atoms with Crippen LogP contribution in [0.25, 0.3) is 5.52 Å². The van der Waals surface area contributed by atoms with Gasteiger partial charge in [0.05, 0.1) is 30.1 Å². The minimum absolute atomic E-state index is 0.0270. The fourth-order valence-corrected chi connectivity index (χ4v) is 3.25. The van der Waals surface area contributed by atoms with Crippen LogP contribution < -0.4 is 0 Å². The van der Waals surface area contributed by atoms with E-state index in [9.17, 15) is 4.79 Å². The van der Waals surface area contributed by atoms with Crippen molar-refractivity contribution in [2.45, 2.75) is 32.2 Å². The first-order chi connectivity index (χ1) is 10.7. The van der Waals surface area contributed by atoms with Gasteiger partial charge >= 0.3 is 0 Å². The fraction of sp³-hybridized carbons (Fsp3) is 0.562. The molecule has 6 heteroatoms. The van der Waals surface area contributed by atoms with Gasteiger partial charge < -0.3 is 9.64 Å². The highest BCUT2D eigenvalue weighted by Gasteiger charge is 2.31. The van der Waals surface area contributed by atoms with Crippen molar-refractivity contribution in [1.82, 2.24) is 19.5 Å². The zero-order chi connectivity index (χ0) is 15.5. The van der Waals surface area contributed by atoms with E-state index < -0.39 is 0 Å². The maximum Gasteiger partial charge on any atom is 0.258 e. The Balaban J connectivity index is 1.88. The second-order valence-corrected chi connectivity index (χ2v) is 6.03. The predicted molar refractivity (Wildman–Crippen MR) is 82.7 cm³/mol. The largest absolute Gasteiger partial charge is 0.383 e. The molecule has 22 heavy (non-hydrogen) atoms. The minimum Gasteiger partial charge on any atom is -0.383 e. The average Bonchev–Trinajstić information content (AvgIpc) is 3.14. The Morgan fingerprint density at radius 3 is 3.05 bits per heavy atom. The van der Waals surface area contributed by atoms with Crippen LogP contribution in [0.15, 0.2) is 24.8 Å². The number of fused-ring (bicyclic) bond motifs is 1. The zero-order valence-corrected chi connectivity index (χ0v) is 13.1. The quantitative estimate of drug-likeness (QED) is 0.847. The van der Waals surface area contributed by atoms with Crippen LogP contribution in [0.1, 0.15) is 36.5 Å². The monoisotopic (exact) mass is 302 g/mol. The van der Waals surface area contributed by atoms with Crippen molar-refractivity contribution in [3.8, 4) is 0 Å². The zero-order valence-electron chi connectivity index (χ0n) is 13.1. The number of aromatic nitrogens is 3. The van der Waals surface area contributed by atoms with Gasteiger partial charge in [0, 0.05) is 32.1 Å². The van der Waals surface area contributed by atoms with Gasteiger partial charge in [0.25, 0.3) is 5.91 Å². The Morgan fingerprint density at radius 1 is 1.45 bits per heavy atom. The maximum absolute atomic E-state index is 13.0. The molecular weight excluding hydrogens is 280 g/mol. The van der Waals surface area contributed by atoms with Gasteiger partial charge in [0.15, 0.2) is 0 Å². The number of hydrogen-bond donors (Lipinski definition) is 0. The molecule has 1 aliphatic rings. The van der Waals surface area contributed by atoms with E-state index in [4.69, 9.17) is 4.74 Å². The summed E-state index contributed by atoms with van der Waals surface area (Å²) >= 11 is 0. The van der Waals surface area contributed by atoms with Gasteiger partial charge in [0.2, 0.25) is 0 Å². The van der Waals surface area contributed by atoms with Crippen LogP contribution in [-0.4, -0.2) is 51.7 Å². The first kappa shape index (κ1) is 15.0. The molecule has 1 aliphatic carbocycles. The Bertz CT molecular complexity index is 654. The van der Waals surface area contributed by atoms with E-state index in [1.165, 1.54) is 6.42 Å². The highest BCUT2D eigenvalue weighted by atomic mass is 16.5. The fourth-order valence-electron chi connectivity index (χ4n) is 3.25. The predicted octanol–water partition coefficient (Wildman–Crippen LogP) is 2.01. The summed E-state index contributed by atoms with van der Waals surface area (Å²) < 4.78 is 6.87. The highest BCUT2D eigenvalue weighted by molar-refractivity contribution is 6.00. The summed E-state index contributed by atoms with van der Waals surface area (Å²) in [5.74, 6) is 0.701. The number of ether oxygens (including phenoxy) is 1. The van der Waals surface area contributed by atoms with Gasteiger partial charge in [-0.05, 0) is 25.2 Å². The molecule has 0 bridgehead atoms. The van der Waals surface area contributed by atoms with Crippen molar-refractivity contribution >= 4 is 11.4 Å². The third kappa shape index (κ3) is 2.83. The Labute approximate surface area is 130 Å². The molecule has 1 saturated carbocycles. The maximum atomic E-state index is 13.0. The van der Waals surface area contributed by atoms with Gasteiger partial charge in [0.1, 0.15) is 0 Å². The summed E-state index contributed by atoms with van der Waals surface area (Å²) in [5.41, 5.74) is 1.37. The normalized spacial score (nSPS) is 21.4. The lowest BCUT2D eigenvalue weighted by molar-refractivity contribution is 0.0604. The molecule has 0 aliphatic heterocycles. The van der Waals surface area contributed by atoms with Crippen molar-refractivity contribution in [1.29, 1.82) is 0 Å². The van der Waals surface area contributed by atoms with E-state index >= 15 is 0 Å². The number of amides is 1. The Kier molecular flexibility index (Phi) is 4.38. The minimum atomic E-state index is 0.0270. The number of carbonyl (C=O) groups is 1. The first-order valence-electron chi connectivity index (χ1n) is 7.78. The second kappa shape index (κ2) is 6.44. The number of rotatable bonds is 5. The summed E-state index contributed by atoms with van der Waals surface area (Å²) in [6.07, 6.45) is 10.0. The van der Waals surface area contributed by atoms with Crippen LogP contribution in [0, 0.1) is 5.92 Å². The number of carbonyl (C=O) groups excluding carboxylic acids is 1. The molecule has 1 amide bonds. The Morgan fingerprint density at radius 2 is 2.32 bits per heavy atom. The average molecular weight is 302 g/mol. The lowest BCUT2D eigenvalue weighted by Gasteiger charge is -2.28. The third-order valence-corrected chi connectivity index (χ3v) is 4.46. The van der Waals surface area contributed by atoms with Crippen molar-refractivity contribution in [2.75, 3.05) is 20.3 Å². The van der Waals surface area contributed by atoms with Crippen molar-refractivity contribution in [3.63, 3.8) is 0 Å². The molecule has 2 aromatic rings. The van der Waals surface area contributed by atoms with E-state index in [0.29, 0.717) is 30.7 Å². The van der Waals surface area contributed by atoms with Gasteiger partial charge in [-0.15, -0.1) is 0 Å². The first-order valence-corrected chi connectivity index (χ1v) is 7.78. The molecule has 118 valence electrons. The molecule has 0 unspecified atom stereocenters. The highest BCUT2D eigenvalue weighted by Crippen LogP contribution is 2.30. The molecular formula is C16H22N4O2. The van der Waals surface area contributed by atoms with Gasteiger partial charge in [-0.3, -0.25) is 9.78 Å². The SMILES string of the molecule is COCCN(C(=O)c1cnn2ccncc12)[C@@H]1CC[C@H](C)C1. The van der Waals surface area contributed by atoms with Crippen molar-refractivity contribution in [3.05, 3.63) is 30.4 Å². The molecule has 0 N–H and O–H groups in total. The van der Waals surface area contributed by atoms with E-state index in [1.807, 2.05) is 4.90 Å². The van der Waals surface area contributed by atoms with Crippen LogP contribution in [-0.2, 0) is 4.74 Å². The van der Waals surface area contributed by atoms with E-state index in [0.717, 1.165) is 18.4 Å². The van der Waals surface area contributed by atoms with E-state index in [1.54, 1.807) is 36.4 Å². The Hall–Kier alpha value is -1.95. The second-order valence-electron chi connectivity index (χ2n) is 6.03. The summed E-state index contributed by atoms with van der Waals surface area (Å²) in [6, 6.07) is 0.296. The molecule has 1 fully saturated rings. The molecule has 2 atom stereocenters. The smallest absolute Gasteiger partial charge is 0.258 e. The number of hydrogen-bond acceptors (Lipinski definition) is 4.